The van der Waals surface area contributed by atoms with Crippen LogP contribution in [0, 0.1) is 17.2 Å². The number of aromatic nitrogens is 1. The zero-order chi connectivity index (χ0) is 11.0. The molecule has 0 aromatic carbocycles. The van der Waals surface area contributed by atoms with E-state index in [0.717, 1.165) is 18.5 Å². The Morgan fingerprint density at radius 3 is 3.19 bits per heavy atom. The second-order valence-electron chi connectivity index (χ2n) is 4.48. The number of nitriles is 1. The van der Waals surface area contributed by atoms with Crippen molar-refractivity contribution in [3.05, 3.63) is 35.7 Å². The normalized spacial score (nSPS) is 27.3. The lowest BCUT2D eigenvalue weighted by molar-refractivity contribution is 0.563. The fraction of sp³-hybridized carbons (Fsp3) is 0.385. The fourth-order valence-corrected chi connectivity index (χ4v) is 2.67. The minimum absolute atomic E-state index is 0.612. The highest BCUT2D eigenvalue weighted by Gasteiger charge is 2.31. The Morgan fingerprint density at radius 2 is 2.38 bits per heavy atom. The maximum absolute atomic E-state index is 8.84. The summed E-state index contributed by atoms with van der Waals surface area (Å²) in [5.74, 6) is 0.681. The summed E-state index contributed by atoms with van der Waals surface area (Å²) in [6, 6.07) is 4.68. The number of pyridine rings is 1. The quantitative estimate of drug-likeness (QED) is 0.769. The lowest BCUT2D eigenvalue weighted by Gasteiger charge is -2.08. The van der Waals surface area contributed by atoms with Gasteiger partial charge in [0.15, 0.2) is 0 Å². The van der Waals surface area contributed by atoms with Gasteiger partial charge in [-0.1, -0.05) is 6.08 Å². The van der Waals surface area contributed by atoms with E-state index in [4.69, 9.17) is 5.26 Å². The smallest absolute Gasteiger partial charge is 0.101 e. The van der Waals surface area contributed by atoms with Crippen LogP contribution < -0.4 is 5.32 Å². The van der Waals surface area contributed by atoms with E-state index < -0.39 is 0 Å². The zero-order valence-electron chi connectivity index (χ0n) is 8.98. The molecule has 0 radical (unpaired) electrons. The van der Waals surface area contributed by atoms with Crippen LogP contribution in [-0.2, 0) is 0 Å². The van der Waals surface area contributed by atoms with Gasteiger partial charge in [0.25, 0.3) is 0 Å². The number of rotatable bonds is 1. The van der Waals surface area contributed by atoms with Crippen LogP contribution in [-0.4, -0.2) is 17.6 Å². The third-order valence-corrected chi connectivity index (χ3v) is 3.49. The van der Waals surface area contributed by atoms with Crippen LogP contribution in [0.2, 0.25) is 0 Å². The molecular formula is C13H13N3. The van der Waals surface area contributed by atoms with Crippen molar-refractivity contribution in [1.29, 1.82) is 5.26 Å². The average molecular weight is 211 g/mol. The molecule has 1 saturated heterocycles. The number of hydrogen-bond donors (Lipinski definition) is 1. The molecule has 3 nitrogen and oxygen atoms in total. The maximum atomic E-state index is 8.84. The number of nitrogens with zero attached hydrogens (tertiary/aromatic N) is 2. The summed E-state index contributed by atoms with van der Waals surface area (Å²) < 4.78 is 0. The minimum Gasteiger partial charge on any atom is -0.313 e. The highest BCUT2D eigenvalue weighted by molar-refractivity contribution is 5.69. The standard InChI is InChI=1S/C13H13N3/c14-6-9-3-12(8-15-7-9)11-4-10-1-2-16-13(10)5-11/h3-4,7-8,10,13,16H,1-2,5H2. The monoisotopic (exact) mass is 211 g/mol. The van der Waals surface area contributed by atoms with Crippen LogP contribution in [0.3, 0.4) is 0 Å². The molecule has 0 bridgehead atoms. The van der Waals surface area contributed by atoms with Crippen molar-refractivity contribution in [2.75, 3.05) is 6.54 Å². The van der Waals surface area contributed by atoms with E-state index in [-0.39, 0.29) is 0 Å². The van der Waals surface area contributed by atoms with Crippen LogP contribution >= 0.6 is 0 Å². The van der Waals surface area contributed by atoms with E-state index >= 15 is 0 Å². The van der Waals surface area contributed by atoms with Gasteiger partial charge in [-0.3, -0.25) is 4.98 Å². The van der Waals surface area contributed by atoms with Gasteiger partial charge in [0, 0.05) is 18.4 Å². The Bertz CT molecular complexity index is 484. The average Bonchev–Trinajstić information content (AvgIpc) is 2.89. The van der Waals surface area contributed by atoms with E-state index in [9.17, 15) is 0 Å². The zero-order valence-corrected chi connectivity index (χ0v) is 8.98. The maximum Gasteiger partial charge on any atom is 0.101 e. The van der Waals surface area contributed by atoms with Crippen molar-refractivity contribution in [3.8, 4) is 6.07 Å². The summed E-state index contributed by atoms with van der Waals surface area (Å²) in [5, 5.41) is 12.4. The lowest BCUT2D eigenvalue weighted by atomic mass is 10.0. The molecule has 0 spiro atoms. The van der Waals surface area contributed by atoms with Gasteiger partial charge in [-0.15, -0.1) is 0 Å². The van der Waals surface area contributed by atoms with Gasteiger partial charge in [0.1, 0.15) is 6.07 Å². The third-order valence-electron chi connectivity index (χ3n) is 3.49. The highest BCUT2D eigenvalue weighted by atomic mass is 15.0. The first kappa shape index (κ1) is 9.56. The van der Waals surface area contributed by atoms with Gasteiger partial charge in [-0.25, -0.2) is 0 Å². The Hall–Kier alpha value is -1.66. The second kappa shape index (κ2) is 3.73. The molecule has 1 fully saturated rings. The van der Waals surface area contributed by atoms with Crippen LogP contribution in [0.15, 0.2) is 24.5 Å². The molecule has 2 aliphatic rings. The van der Waals surface area contributed by atoms with Crippen LogP contribution in [0.5, 0.6) is 0 Å². The third kappa shape index (κ3) is 1.52. The molecule has 1 N–H and O–H groups in total. The van der Waals surface area contributed by atoms with E-state index in [0.29, 0.717) is 17.5 Å². The Kier molecular flexibility index (Phi) is 2.23. The SMILES string of the molecule is N#Cc1cncc(C2=CC3CCNC3C2)c1. The number of hydrogen-bond acceptors (Lipinski definition) is 3. The summed E-state index contributed by atoms with van der Waals surface area (Å²) in [6.45, 7) is 1.13. The Labute approximate surface area is 94.8 Å². The molecule has 80 valence electrons. The molecule has 0 amide bonds. The van der Waals surface area contributed by atoms with Gasteiger partial charge in [0.2, 0.25) is 0 Å². The van der Waals surface area contributed by atoms with E-state index in [1.165, 1.54) is 12.0 Å². The molecule has 1 aliphatic heterocycles. The summed E-state index contributed by atoms with van der Waals surface area (Å²) >= 11 is 0. The molecule has 1 aromatic rings. The van der Waals surface area contributed by atoms with E-state index in [1.54, 1.807) is 6.20 Å². The molecule has 0 saturated carbocycles. The van der Waals surface area contributed by atoms with E-state index in [2.05, 4.69) is 22.4 Å². The van der Waals surface area contributed by atoms with Crippen molar-refractivity contribution in [1.82, 2.24) is 10.3 Å². The summed E-state index contributed by atoms with van der Waals surface area (Å²) in [5.41, 5.74) is 3.09. The molecule has 2 unspecified atom stereocenters. The summed E-state index contributed by atoms with van der Waals surface area (Å²) in [7, 11) is 0. The van der Waals surface area contributed by atoms with Crippen molar-refractivity contribution >= 4 is 5.57 Å². The molecule has 1 aromatic heterocycles. The van der Waals surface area contributed by atoms with Gasteiger partial charge >= 0.3 is 0 Å². The largest absolute Gasteiger partial charge is 0.313 e. The first-order chi connectivity index (χ1) is 7.86. The molecule has 2 heterocycles. The Morgan fingerprint density at radius 1 is 1.44 bits per heavy atom. The molecule has 1 aliphatic carbocycles. The molecule has 3 rings (SSSR count). The minimum atomic E-state index is 0.612. The second-order valence-corrected chi connectivity index (χ2v) is 4.48. The van der Waals surface area contributed by atoms with Crippen molar-refractivity contribution in [2.24, 2.45) is 5.92 Å². The first-order valence-corrected chi connectivity index (χ1v) is 5.66. The van der Waals surface area contributed by atoms with Crippen molar-refractivity contribution in [2.45, 2.75) is 18.9 Å². The van der Waals surface area contributed by atoms with Crippen molar-refractivity contribution < 1.29 is 0 Å². The number of fused-ring (bicyclic) bond motifs is 1. The molecular weight excluding hydrogens is 198 g/mol. The van der Waals surface area contributed by atoms with Gasteiger partial charge in [-0.2, -0.15) is 5.26 Å². The van der Waals surface area contributed by atoms with Gasteiger partial charge < -0.3 is 5.32 Å². The van der Waals surface area contributed by atoms with Crippen LogP contribution in [0.1, 0.15) is 24.0 Å². The number of nitrogens with one attached hydrogen (secondary N) is 1. The molecule has 16 heavy (non-hydrogen) atoms. The topological polar surface area (TPSA) is 48.7 Å². The molecule has 2 atom stereocenters. The highest BCUT2D eigenvalue weighted by Crippen LogP contribution is 2.35. The van der Waals surface area contributed by atoms with Crippen molar-refractivity contribution in [3.63, 3.8) is 0 Å². The summed E-state index contributed by atoms with van der Waals surface area (Å²) in [6.07, 6.45) is 8.12. The summed E-state index contributed by atoms with van der Waals surface area (Å²) in [4.78, 5) is 4.11. The van der Waals surface area contributed by atoms with Crippen LogP contribution in [0.4, 0.5) is 0 Å². The lowest BCUT2D eigenvalue weighted by Crippen LogP contribution is -2.22. The van der Waals surface area contributed by atoms with Gasteiger partial charge in [-0.05, 0) is 42.5 Å². The first-order valence-electron chi connectivity index (χ1n) is 5.66. The van der Waals surface area contributed by atoms with Gasteiger partial charge in [0.05, 0.1) is 5.56 Å². The molecule has 3 heteroatoms. The Balaban J connectivity index is 1.91. The van der Waals surface area contributed by atoms with E-state index in [1.807, 2.05) is 12.3 Å². The fourth-order valence-electron chi connectivity index (χ4n) is 2.67. The predicted molar refractivity (Wildman–Crippen MR) is 61.4 cm³/mol. The predicted octanol–water partition coefficient (Wildman–Crippen LogP) is 1.72. The van der Waals surface area contributed by atoms with Crippen LogP contribution in [0.25, 0.3) is 5.57 Å².